The van der Waals surface area contributed by atoms with E-state index in [1.807, 2.05) is 48.5 Å². The molecule has 0 heterocycles. The van der Waals surface area contributed by atoms with E-state index >= 15 is 0 Å². The molecule has 0 unspecified atom stereocenters. The number of nitrogens with one attached hydrogen (secondary N) is 1. The molecule has 0 fully saturated rings. The molecule has 146 valence electrons. The summed E-state index contributed by atoms with van der Waals surface area (Å²) in [6, 6.07) is 17.1. The van der Waals surface area contributed by atoms with Gasteiger partial charge in [-0.25, -0.2) is 18.4 Å². The first-order valence-corrected chi connectivity index (χ1v) is 8.80. The van der Waals surface area contributed by atoms with Crippen LogP contribution in [0.25, 0.3) is 11.1 Å². The van der Waals surface area contributed by atoms with E-state index in [9.17, 15) is 18.4 Å². The van der Waals surface area contributed by atoms with Gasteiger partial charge < -0.3 is 9.84 Å². The van der Waals surface area contributed by atoms with E-state index in [2.05, 4.69) is 5.32 Å². The van der Waals surface area contributed by atoms with Crippen LogP contribution >= 0.6 is 0 Å². The molecule has 0 aliphatic heterocycles. The molecule has 1 aliphatic rings. The van der Waals surface area contributed by atoms with Gasteiger partial charge in [-0.3, -0.25) is 5.32 Å². The average Bonchev–Trinajstić information content (AvgIpc) is 2.99. The Kier molecular flexibility index (Phi) is 4.72. The summed E-state index contributed by atoms with van der Waals surface area (Å²) < 4.78 is 32.8. The van der Waals surface area contributed by atoms with E-state index in [0.717, 1.165) is 34.4 Å². The minimum Gasteiger partial charge on any atom is -0.477 e. The highest BCUT2D eigenvalue weighted by Crippen LogP contribution is 2.44. The standard InChI is InChI=1S/C22H15F2NO4/c23-18-9-12(10-19(24)20(18)21(26)27)25-22(28)29-11-17-15-7-3-1-5-13(15)14-6-2-4-8-16(14)17/h1-10,17H,11H2,(H,25,28)(H,26,27). The van der Waals surface area contributed by atoms with E-state index in [1.54, 1.807) is 0 Å². The first-order valence-electron chi connectivity index (χ1n) is 8.80. The van der Waals surface area contributed by atoms with Crippen LogP contribution in [0.2, 0.25) is 0 Å². The van der Waals surface area contributed by atoms with Crippen molar-refractivity contribution in [3.05, 3.63) is 89.0 Å². The Bertz CT molecular complexity index is 1060. The van der Waals surface area contributed by atoms with Gasteiger partial charge in [0, 0.05) is 11.6 Å². The molecule has 1 aliphatic carbocycles. The number of halogens is 2. The predicted molar refractivity (Wildman–Crippen MR) is 102 cm³/mol. The number of aromatic carboxylic acids is 1. The smallest absolute Gasteiger partial charge is 0.411 e. The third kappa shape index (κ3) is 3.42. The molecular weight excluding hydrogens is 380 g/mol. The fourth-order valence-corrected chi connectivity index (χ4v) is 3.60. The summed E-state index contributed by atoms with van der Waals surface area (Å²) in [6.45, 7) is 0.0397. The summed E-state index contributed by atoms with van der Waals surface area (Å²) in [4.78, 5) is 23.0. The number of amides is 1. The average molecular weight is 395 g/mol. The Balaban J connectivity index is 1.49. The highest BCUT2D eigenvalue weighted by molar-refractivity contribution is 5.90. The number of benzene rings is 3. The molecular formula is C22H15F2NO4. The summed E-state index contributed by atoms with van der Waals surface area (Å²) in [5, 5.41) is 11.0. The molecule has 2 N–H and O–H groups in total. The van der Waals surface area contributed by atoms with Crippen LogP contribution in [-0.2, 0) is 4.74 Å². The van der Waals surface area contributed by atoms with Crippen molar-refractivity contribution in [2.24, 2.45) is 0 Å². The van der Waals surface area contributed by atoms with Crippen molar-refractivity contribution in [3.8, 4) is 11.1 Å². The van der Waals surface area contributed by atoms with Gasteiger partial charge in [-0.15, -0.1) is 0 Å². The second kappa shape index (κ2) is 7.35. The largest absolute Gasteiger partial charge is 0.477 e. The van der Waals surface area contributed by atoms with Crippen LogP contribution < -0.4 is 5.32 Å². The van der Waals surface area contributed by atoms with Gasteiger partial charge in [0.15, 0.2) is 0 Å². The number of rotatable bonds is 4. The molecule has 0 radical (unpaired) electrons. The Labute approximate surface area is 164 Å². The fraction of sp³-hybridized carbons (Fsp3) is 0.0909. The van der Waals surface area contributed by atoms with Crippen molar-refractivity contribution in [2.45, 2.75) is 5.92 Å². The first-order chi connectivity index (χ1) is 14.0. The maximum Gasteiger partial charge on any atom is 0.411 e. The molecule has 7 heteroatoms. The number of ether oxygens (including phenoxy) is 1. The van der Waals surface area contributed by atoms with Crippen molar-refractivity contribution in [2.75, 3.05) is 11.9 Å². The number of anilines is 1. The van der Waals surface area contributed by atoms with Gasteiger partial charge >= 0.3 is 12.1 Å². The summed E-state index contributed by atoms with van der Waals surface area (Å²) >= 11 is 0. The Morgan fingerprint density at radius 1 is 0.931 bits per heavy atom. The highest BCUT2D eigenvalue weighted by atomic mass is 19.1. The lowest BCUT2D eigenvalue weighted by Gasteiger charge is -2.15. The second-order valence-corrected chi connectivity index (χ2v) is 6.57. The molecule has 5 nitrogen and oxygen atoms in total. The lowest BCUT2D eigenvalue weighted by molar-refractivity contribution is 0.0686. The summed E-state index contributed by atoms with van der Waals surface area (Å²) in [5.41, 5.74) is 2.90. The van der Waals surface area contributed by atoms with Crippen LogP contribution in [0.3, 0.4) is 0 Å². The fourth-order valence-electron chi connectivity index (χ4n) is 3.60. The minimum absolute atomic E-state index is 0.0397. The van der Waals surface area contributed by atoms with Crippen LogP contribution in [0.4, 0.5) is 19.3 Å². The zero-order valence-corrected chi connectivity index (χ0v) is 15.0. The van der Waals surface area contributed by atoms with Crippen molar-refractivity contribution in [3.63, 3.8) is 0 Å². The maximum atomic E-state index is 13.8. The lowest BCUT2D eigenvalue weighted by atomic mass is 9.98. The third-order valence-electron chi connectivity index (χ3n) is 4.85. The maximum absolute atomic E-state index is 13.8. The third-order valence-corrected chi connectivity index (χ3v) is 4.85. The number of hydrogen-bond donors (Lipinski definition) is 2. The van der Waals surface area contributed by atoms with Crippen molar-refractivity contribution in [1.29, 1.82) is 0 Å². The molecule has 29 heavy (non-hydrogen) atoms. The van der Waals surface area contributed by atoms with E-state index in [1.165, 1.54) is 0 Å². The van der Waals surface area contributed by atoms with Crippen molar-refractivity contribution < 1.29 is 28.2 Å². The molecule has 4 rings (SSSR count). The number of fused-ring (bicyclic) bond motifs is 3. The van der Waals surface area contributed by atoms with Crippen molar-refractivity contribution >= 4 is 17.7 Å². The highest BCUT2D eigenvalue weighted by Gasteiger charge is 2.29. The molecule has 0 atom stereocenters. The van der Waals surface area contributed by atoms with E-state index in [0.29, 0.717) is 0 Å². The first kappa shape index (κ1) is 18.6. The van der Waals surface area contributed by atoms with Crippen LogP contribution in [0.5, 0.6) is 0 Å². The van der Waals surface area contributed by atoms with Gasteiger partial charge in [0.25, 0.3) is 0 Å². The number of carbonyl (C=O) groups excluding carboxylic acids is 1. The van der Waals surface area contributed by atoms with E-state index in [4.69, 9.17) is 9.84 Å². The second-order valence-electron chi connectivity index (χ2n) is 6.57. The van der Waals surface area contributed by atoms with Crippen LogP contribution in [0.15, 0.2) is 60.7 Å². The molecule has 0 saturated heterocycles. The number of hydrogen-bond acceptors (Lipinski definition) is 3. The summed E-state index contributed by atoms with van der Waals surface area (Å²) in [6.07, 6.45) is -0.895. The van der Waals surface area contributed by atoms with Gasteiger partial charge in [-0.2, -0.15) is 0 Å². The van der Waals surface area contributed by atoms with Crippen LogP contribution in [0, 0.1) is 11.6 Å². The number of carboxylic acid groups (broad SMARTS) is 1. The predicted octanol–water partition coefficient (Wildman–Crippen LogP) is 5.02. The van der Waals surface area contributed by atoms with Gasteiger partial charge in [0.1, 0.15) is 23.8 Å². The van der Waals surface area contributed by atoms with E-state index in [-0.39, 0.29) is 18.2 Å². The molecule has 3 aromatic carbocycles. The summed E-state index contributed by atoms with van der Waals surface area (Å²) in [5.74, 6) is -4.46. The van der Waals surface area contributed by atoms with Gasteiger partial charge in [-0.05, 0) is 34.4 Å². The molecule has 0 spiro atoms. The van der Waals surface area contributed by atoms with Crippen LogP contribution in [0.1, 0.15) is 27.4 Å². The zero-order chi connectivity index (χ0) is 20.5. The molecule has 0 aromatic heterocycles. The molecule has 3 aromatic rings. The SMILES string of the molecule is O=C(Nc1cc(F)c(C(=O)O)c(F)c1)OCC1c2ccccc2-c2ccccc21. The number of carboxylic acids is 1. The van der Waals surface area contributed by atoms with Gasteiger partial charge in [0.05, 0.1) is 0 Å². The van der Waals surface area contributed by atoms with Gasteiger partial charge in [-0.1, -0.05) is 48.5 Å². The normalized spacial score (nSPS) is 12.2. The monoisotopic (exact) mass is 395 g/mol. The van der Waals surface area contributed by atoms with Gasteiger partial charge in [0.2, 0.25) is 0 Å². The Morgan fingerprint density at radius 3 is 1.97 bits per heavy atom. The zero-order valence-electron chi connectivity index (χ0n) is 15.0. The quantitative estimate of drug-likeness (QED) is 0.650. The van der Waals surface area contributed by atoms with E-state index < -0.39 is 29.3 Å². The topological polar surface area (TPSA) is 75.6 Å². The van der Waals surface area contributed by atoms with Crippen LogP contribution in [-0.4, -0.2) is 23.8 Å². The van der Waals surface area contributed by atoms with Crippen molar-refractivity contribution in [1.82, 2.24) is 0 Å². The Morgan fingerprint density at radius 2 is 1.45 bits per heavy atom. The lowest BCUT2D eigenvalue weighted by Crippen LogP contribution is -2.18. The minimum atomic E-state index is -1.73. The molecule has 0 bridgehead atoms. The summed E-state index contributed by atoms with van der Waals surface area (Å²) in [7, 11) is 0. The molecule has 1 amide bonds. The number of carbonyl (C=O) groups is 2. The molecule has 0 saturated carbocycles. The Hall–Kier alpha value is -3.74.